The number of halogens is 1. The fraction of sp³-hybridized carbons (Fsp3) is 0.429. The molecule has 0 unspecified atom stereocenters. The molecule has 0 saturated heterocycles. The molecule has 0 aromatic carbocycles. The van der Waals surface area contributed by atoms with Crippen LogP contribution in [0.2, 0.25) is 0 Å². The topological polar surface area (TPSA) is 38.0 Å². The van der Waals surface area contributed by atoms with Crippen LogP contribution in [0, 0.1) is 0 Å². The molecule has 0 fully saturated rings. The molecular formula is C7H11BrN2S. The van der Waals surface area contributed by atoms with Crippen molar-refractivity contribution in [3.8, 4) is 0 Å². The summed E-state index contributed by atoms with van der Waals surface area (Å²) in [6.07, 6.45) is 0. The van der Waals surface area contributed by atoms with Crippen molar-refractivity contribution in [3.63, 3.8) is 0 Å². The molecule has 4 heteroatoms. The first-order valence-corrected chi connectivity index (χ1v) is 5.14. The van der Waals surface area contributed by atoms with E-state index in [2.05, 4.69) is 32.7 Å². The number of hydrogen-bond donors (Lipinski definition) is 2. The van der Waals surface area contributed by atoms with E-state index in [0.717, 1.165) is 17.6 Å². The lowest BCUT2D eigenvalue weighted by atomic mass is 10.4. The van der Waals surface area contributed by atoms with Gasteiger partial charge in [-0.15, -0.1) is 11.3 Å². The first-order chi connectivity index (χ1) is 5.33. The van der Waals surface area contributed by atoms with Crippen molar-refractivity contribution in [3.05, 3.63) is 20.8 Å². The third kappa shape index (κ3) is 3.33. The summed E-state index contributed by atoms with van der Waals surface area (Å²) in [4.78, 5) is 1.34. The normalized spacial score (nSPS) is 10.4. The van der Waals surface area contributed by atoms with Gasteiger partial charge in [0, 0.05) is 34.4 Å². The van der Waals surface area contributed by atoms with Crippen molar-refractivity contribution in [2.24, 2.45) is 5.73 Å². The number of nitrogens with two attached hydrogens (primary N) is 1. The maximum absolute atomic E-state index is 5.33. The van der Waals surface area contributed by atoms with Crippen molar-refractivity contribution >= 4 is 27.3 Å². The van der Waals surface area contributed by atoms with Gasteiger partial charge in [0.05, 0.1) is 0 Å². The fourth-order valence-electron chi connectivity index (χ4n) is 0.760. The zero-order valence-corrected chi connectivity index (χ0v) is 8.54. The molecule has 1 heterocycles. The van der Waals surface area contributed by atoms with Crippen LogP contribution in [0.1, 0.15) is 4.88 Å². The van der Waals surface area contributed by atoms with Crippen molar-refractivity contribution in [1.82, 2.24) is 5.32 Å². The molecule has 1 rings (SSSR count). The van der Waals surface area contributed by atoms with Crippen LogP contribution in [0.3, 0.4) is 0 Å². The lowest BCUT2D eigenvalue weighted by Gasteiger charge is -1.97. The van der Waals surface area contributed by atoms with Crippen LogP contribution in [0.15, 0.2) is 15.9 Å². The Morgan fingerprint density at radius 1 is 1.64 bits per heavy atom. The van der Waals surface area contributed by atoms with Gasteiger partial charge in [-0.25, -0.2) is 0 Å². The van der Waals surface area contributed by atoms with E-state index >= 15 is 0 Å². The molecule has 1 aromatic heterocycles. The van der Waals surface area contributed by atoms with Crippen LogP contribution in [0.25, 0.3) is 0 Å². The molecule has 0 saturated carbocycles. The predicted octanol–water partition coefficient (Wildman–Crippen LogP) is 1.56. The van der Waals surface area contributed by atoms with E-state index in [-0.39, 0.29) is 0 Å². The Morgan fingerprint density at radius 3 is 3.00 bits per heavy atom. The fourth-order valence-corrected chi connectivity index (χ4v) is 2.18. The lowest BCUT2D eigenvalue weighted by molar-refractivity contribution is 0.702. The van der Waals surface area contributed by atoms with Crippen molar-refractivity contribution < 1.29 is 0 Å². The molecule has 2 nitrogen and oxygen atoms in total. The number of thiophene rings is 1. The van der Waals surface area contributed by atoms with Gasteiger partial charge in [-0.1, -0.05) is 0 Å². The lowest BCUT2D eigenvalue weighted by Crippen LogP contribution is -2.21. The molecule has 11 heavy (non-hydrogen) atoms. The Hall–Kier alpha value is 0.1000. The van der Waals surface area contributed by atoms with Gasteiger partial charge >= 0.3 is 0 Å². The summed E-state index contributed by atoms with van der Waals surface area (Å²) in [7, 11) is 0. The standard InChI is InChI=1S/C7H11BrN2S/c8-6-3-7(11-5-6)4-10-2-1-9/h3,5,10H,1-2,4,9H2. The summed E-state index contributed by atoms with van der Waals surface area (Å²) in [6, 6.07) is 2.12. The first-order valence-electron chi connectivity index (χ1n) is 3.46. The molecule has 1 aromatic rings. The average molecular weight is 235 g/mol. The van der Waals surface area contributed by atoms with Gasteiger partial charge in [-0.2, -0.15) is 0 Å². The minimum absolute atomic E-state index is 0.701. The Morgan fingerprint density at radius 2 is 2.45 bits per heavy atom. The zero-order chi connectivity index (χ0) is 8.10. The van der Waals surface area contributed by atoms with E-state index in [0.29, 0.717) is 6.54 Å². The van der Waals surface area contributed by atoms with E-state index in [1.807, 2.05) is 0 Å². The largest absolute Gasteiger partial charge is 0.329 e. The van der Waals surface area contributed by atoms with E-state index in [1.54, 1.807) is 11.3 Å². The number of hydrogen-bond acceptors (Lipinski definition) is 3. The number of rotatable bonds is 4. The smallest absolute Gasteiger partial charge is 0.0300 e. The maximum atomic E-state index is 5.33. The van der Waals surface area contributed by atoms with Crippen LogP contribution < -0.4 is 11.1 Å². The molecule has 0 aliphatic carbocycles. The van der Waals surface area contributed by atoms with Gasteiger partial charge in [-0.3, -0.25) is 0 Å². The van der Waals surface area contributed by atoms with Crippen LogP contribution >= 0.6 is 27.3 Å². The van der Waals surface area contributed by atoms with Gasteiger partial charge < -0.3 is 11.1 Å². The Bertz CT molecular complexity index is 212. The molecule has 0 aliphatic rings. The van der Waals surface area contributed by atoms with Crippen LogP contribution in [-0.4, -0.2) is 13.1 Å². The van der Waals surface area contributed by atoms with Crippen LogP contribution in [0.5, 0.6) is 0 Å². The quantitative estimate of drug-likeness (QED) is 0.777. The average Bonchev–Trinajstić information content (AvgIpc) is 2.37. The summed E-state index contributed by atoms with van der Waals surface area (Å²) in [5.41, 5.74) is 5.33. The van der Waals surface area contributed by atoms with Crippen molar-refractivity contribution in [2.75, 3.05) is 13.1 Å². The highest BCUT2D eigenvalue weighted by molar-refractivity contribution is 9.10. The Kier molecular flexibility index (Phi) is 4.07. The monoisotopic (exact) mass is 234 g/mol. The highest BCUT2D eigenvalue weighted by Gasteiger charge is 1.95. The SMILES string of the molecule is NCCNCc1cc(Br)cs1. The molecule has 0 bridgehead atoms. The molecule has 0 spiro atoms. The van der Waals surface area contributed by atoms with Crippen LogP contribution in [-0.2, 0) is 6.54 Å². The van der Waals surface area contributed by atoms with E-state index in [9.17, 15) is 0 Å². The summed E-state index contributed by atoms with van der Waals surface area (Å²) in [6.45, 7) is 2.51. The first kappa shape index (κ1) is 9.19. The van der Waals surface area contributed by atoms with Gasteiger partial charge in [0.15, 0.2) is 0 Å². The summed E-state index contributed by atoms with van der Waals surface area (Å²) < 4.78 is 1.16. The summed E-state index contributed by atoms with van der Waals surface area (Å²) >= 11 is 5.15. The zero-order valence-electron chi connectivity index (χ0n) is 6.14. The van der Waals surface area contributed by atoms with E-state index in [1.165, 1.54) is 4.88 Å². The molecule has 0 radical (unpaired) electrons. The van der Waals surface area contributed by atoms with E-state index < -0.39 is 0 Å². The molecule has 0 amide bonds. The predicted molar refractivity (Wildman–Crippen MR) is 52.8 cm³/mol. The molecular weight excluding hydrogens is 224 g/mol. The molecule has 0 atom stereocenters. The van der Waals surface area contributed by atoms with Gasteiger partial charge in [0.2, 0.25) is 0 Å². The second-order valence-electron chi connectivity index (χ2n) is 2.20. The number of nitrogens with one attached hydrogen (secondary N) is 1. The summed E-state index contributed by atoms with van der Waals surface area (Å²) in [5.74, 6) is 0. The second-order valence-corrected chi connectivity index (χ2v) is 4.11. The summed E-state index contributed by atoms with van der Waals surface area (Å²) in [5, 5.41) is 5.31. The van der Waals surface area contributed by atoms with Crippen molar-refractivity contribution in [1.29, 1.82) is 0 Å². The van der Waals surface area contributed by atoms with Gasteiger partial charge in [0.1, 0.15) is 0 Å². The highest BCUT2D eigenvalue weighted by Crippen LogP contribution is 2.19. The Balaban J connectivity index is 2.27. The minimum Gasteiger partial charge on any atom is -0.329 e. The third-order valence-corrected chi connectivity index (χ3v) is 2.94. The molecule has 62 valence electrons. The minimum atomic E-state index is 0.701. The molecule has 0 aliphatic heterocycles. The second kappa shape index (κ2) is 4.87. The van der Waals surface area contributed by atoms with Crippen molar-refractivity contribution in [2.45, 2.75) is 6.54 Å². The van der Waals surface area contributed by atoms with Crippen LogP contribution in [0.4, 0.5) is 0 Å². The highest BCUT2D eigenvalue weighted by atomic mass is 79.9. The molecule has 3 N–H and O–H groups in total. The maximum Gasteiger partial charge on any atom is 0.0300 e. The van der Waals surface area contributed by atoms with E-state index in [4.69, 9.17) is 5.73 Å². The van der Waals surface area contributed by atoms with Gasteiger partial charge in [0.25, 0.3) is 0 Å². The Labute approximate surface area is 78.9 Å². The van der Waals surface area contributed by atoms with Gasteiger partial charge in [-0.05, 0) is 22.0 Å². The third-order valence-electron chi connectivity index (χ3n) is 1.24.